The zero-order valence-corrected chi connectivity index (χ0v) is 11.9. The Labute approximate surface area is 119 Å². The van der Waals surface area contributed by atoms with Gasteiger partial charge in [-0.2, -0.15) is 4.98 Å². The summed E-state index contributed by atoms with van der Waals surface area (Å²) in [6.07, 6.45) is 0.889. The van der Waals surface area contributed by atoms with Crippen LogP contribution in [0.3, 0.4) is 0 Å². The van der Waals surface area contributed by atoms with Crippen LogP contribution in [-0.4, -0.2) is 16.5 Å². The van der Waals surface area contributed by atoms with Gasteiger partial charge < -0.3 is 16.4 Å². The maximum atomic E-state index is 5.99. The van der Waals surface area contributed by atoms with Crippen LogP contribution in [0, 0.1) is 0 Å². The zero-order chi connectivity index (χ0) is 13.2. The largest absolute Gasteiger partial charge is 0.383 e. The molecule has 1 aromatic heterocycles. The first kappa shape index (κ1) is 12.4. The van der Waals surface area contributed by atoms with Gasteiger partial charge in [-0.05, 0) is 37.2 Å². The number of hydrogen-bond donors (Lipinski definition) is 3. The number of fused-ring (bicyclic) bond motifs is 1. The molecule has 0 unspecified atom stereocenters. The molecule has 19 heavy (non-hydrogen) atoms. The van der Waals surface area contributed by atoms with Crippen molar-refractivity contribution in [3.8, 4) is 0 Å². The zero-order valence-electron chi connectivity index (χ0n) is 10.3. The molecule has 2 aromatic rings. The number of anilines is 3. The average Bonchev–Trinajstić information content (AvgIpc) is 2.42. The van der Waals surface area contributed by atoms with Gasteiger partial charge in [0, 0.05) is 22.3 Å². The molecule has 4 N–H and O–H groups in total. The van der Waals surface area contributed by atoms with Crippen molar-refractivity contribution in [2.24, 2.45) is 0 Å². The highest BCUT2D eigenvalue weighted by Gasteiger charge is 2.15. The van der Waals surface area contributed by atoms with Gasteiger partial charge >= 0.3 is 0 Å². The molecule has 0 amide bonds. The van der Waals surface area contributed by atoms with E-state index in [0.717, 1.165) is 40.9 Å². The maximum absolute atomic E-state index is 5.99. The van der Waals surface area contributed by atoms with Gasteiger partial charge in [-0.1, -0.05) is 15.9 Å². The highest BCUT2D eigenvalue weighted by Crippen LogP contribution is 2.22. The molecule has 1 aliphatic heterocycles. The second-order valence-corrected chi connectivity index (χ2v) is 5.33. The van der Waals surface area contributed by atoms with Crippen LogP contribution < -0.4 is 16.4 Å². The van der Waals surface area contributed by atoms with E-state index in [9.17, 15) is 0 Å². The van der Waals surface area contributed by atoms with Crippen LogP contribution in [-0.2, 0) is 13.0 Å². The number of benzene rings is 1. The molecule has 0 atom stereocenters. The fourth-order valence-corrected chi connectivity index (χ4v) is 2.37. The number of nitrogen functional groups attached to an aromatic ring is 1. The summed E-state index contributed by atoms with van der Waals surface area (Å²) in [6, 6.07) is 7.85. The lowest BCUT2D eigenvalue weighted by atomic mass is 10.1. The smallest absolute Gasteiger partial charge is 0.229 e. The number of aromatic nitrogens is 2. The monoisotopic (exact) mass is 319 g/mol. The highest BCUT2D eigenvalue weighted by molar-refractivity contribution is 9.10. The van der Waals surface area contributed by atoms with Crippen LogP contribution in [0.15, 0.2) is 28.7 Å². The lowest BCUT2D eigenvalue weighted by molar-refractivity contribution is 0.626. The Bertz CT molecular complexity index is 597. The van der Waals surface area contributed by atoms with Gasteiger partial charge in [0.2, 0.25) is 5.95 Å². The summed E-state index contributed by atoms with van der Waals surface area (Å²) in [5.41, 5.74) is 8.98. The molecule has 0 radical (unpaired) electrons. The van der Waals surface area contributed by atoms with Crippen LogP contribution in [0.4, 0.5) is 17.5 Å². The number of hydrogen-bond acceptors (Lipinski definition) is 5. The van der Waals surface area contributed by atoms with Crippen molar-refractivity contribution in [3.05, 3.63) is 40.0 Å². The molecular formula is C13H14BrN5. The lowest BCUT2D eigenvalue weighted by Crippen LogP contribution is -2.26. The summed E-state index contributed by atoms with van der Waals surface area (Å²) in [4.78, 5) is 8.84. The summed E-state index contributed by atoms with van der Waals surface area (Å²) in [5, 5.41) is 6.46. The number of nitrogens with two attached hydrogens (primary N) is 1. The molecule has 0 saturated carbocycles. The topological polar surface area (TPSA) is 75.9 Å². The van der Waals surface area contributed by atoms with E-state index in [1.165, 1.54) is 0 Å². The van der Waals surface area contributed by atoms with Gasteiger partial charge in [-0.15, -0.1) is 0 Å². The quantitative estimate of drug-likeness (QED) is 0.791. The molecule has 0 bridgehead atoms. The van der Waals surface area contributed by atoms with Crippen molar-refractivity contribution in [1.82, 2.24) is 15.3 Å². The van der Waals surface area contributed by atoms with E-state index in [2.05, 4.69) is 36.5 Å². The fraction of sp³-hybridized carbons (Fsp3) is 0.231. The van der Waals surface area contributed by atoms with Gasteiger partial charge in [0.25, 0.3) is 0 Å². The first-order valence-electron chi connectivity index (χ1n) is 6.11. The van der Waals surface area contributed by atoms with Crippen molar-refractivity contribution in [1.29, 1.82) is 0 Å². The third kappa shape index (κ3) is 2.69. The van der Waals surface area contributed by atoms with E-state index in [1.54, 1.807) is 0 Å². The summed E-state index contributed by atoms with van der Waals surface area (Å²) in [7, 11) is 0. The van der Waals surface area contributed by atoms with Crippen LogP contribution >= 0.6 is 15.9 Å². The third-order valence-electron chi connectivity index (χ3n) is 3.07. The number of halogens is 1. The minimum absolute atomic E-state index is 0.544. The Hall–Kier alpha value is -1.66. The normalized spacial score (nSPS) is 13.9. The molecular weight excluding hydrogens is 306 g/mol. The van der Waals surface area contributed by atoms with Crippen LogP contribution in [0.1, 0.15) is 11.3 Å². The molecule has 1 aliphatic rings. The highest BCUT2D eigenvalue weighted by atomic mass is 79.9. The van der Waals surface area contributed by atoms with E-state index in [-0.39, 0.29) is 0 Å². The van der Waals surface area contributed by atoms with Gasteiger partial charge in [-0.3, -0.25) is 0 Å². The van der Waals surface area contributed by atoms with E-state index in [1.807, 2.05) is 24.3 Å². The molecule has 0 saturated heterocycles. The van der Waals surface area contributed by atoms with E-state index >= 15 is 0 Å². The Kier molecular flexibility index (Phi) is 3.35. The Balaban J connectivity index is 1.89. The predicted octanol–water partition coefficient (Wildman–Crippen LogP) is 2.21. The fourth-order valence-electron chi connectivity index (χ4n) is 2.11. The van der Waals surface area contributed by atoms with Gasteiger partial charge in [0.1, 0.15) is 5.82 Å². The minimum atomic E-state index is 0.544. The van der Waals surface area contributed by atoms with E-state index in [4.69, 9.17) is 5.73 Å². The summed E-state index contributed by atoms with van der Waals surface area (Å²) in [5.74, 6) is 1.12. The molecule has 5 nitrogen and oxygen atoms in total. The summed E-state index contributed by atoms with van der Waals surface area (Å²) in [6.45, 7) is 1.68. The van der Waals surface area contributed by atoms with Crippen LogP contribution in [0.2, 0.25) is 0 Å². The molecule has 0 fully saturated rings. The van der Waals surface area contributed by atoms with Crippen LogP contribution in [0.5, 0.6) is 0 Å². The number of nitrogens with zero attached hydrogens (tertiary/aromatic N) is 2. The van der Waals surface area contributed by atoms with Crippen molar-refractivity contribution >= 4 is 33.4 Å². The van der Waals surface area contributed by atoms with E-state index in [0.29, 0.717) is 11.8 Å². The third-order valence-corrected chi connectivity index (χ3v) is 3.60. The summed E-state index contributed by atoms with van der Waals surface area (Å²) >= 11 is 3.40. The molecule has 98 valence electrons. The SMILES string of the molecule is Nc1nc(Nc2ccc(Br)cc2)nc2c1CCNC2. The molecule has 0 aliphatic carbocycles. The Morgan fingerprint density at radius 2 is 2.00 bits per heavy atom. The van der Waals surface area contributed by atoms with Crippen molar-refractivity contribution in [3.63, 3.8) is 0 Å². The molecule has 3 rings (SSSR count). The standard InChI is InChI=1S/C13H14BrN5/c14-8-1-3-9(4-2-8)17-13-18-11-7-16-6-5-10(11)12(15)19-13/h1-4,16H,5-7H2,(H3,15,17,18,19). The van der Waals surface area contributed by atoms with Crippen molar-refractivity contribution < 1.29 is 0 Å². The second-order valence-electron chi connectivity index (χ2n) is 4.42. The number of nitrogens with one attached hydrogen (secondary N) is 2. The molecule has 0 spiro atoms. The molecule has 6 heteroatoms. The van der Waals surface area contributed by atoms with Crippen LogP contribution in [0.25, 0.3) is 0 Å². The minimum Gasteiger partial charge on any atom is -0.383 e. The Morgan fingerprint density at radius 1 is 1.21 bits per heavy atom. The average molecular weight is 320 g/mol. The van der Waals surface area contributed by atoms with Gasteiger partial charge in [0.15, 0.2) is 0 Å². The first-order valence-corrected chi connectivity index (χ1v) is 6.90. The van der Waals surface area contributed by atoms with Crippen molar-refractivity contribution in [2.75, 3.05) is 17.6 Å². The maximum Gasteiger partial charge on any atom is 0.229 e. The first-order chi connectivity index (χ1) is 9.22. The molecule has 2 heterocycles. The summed E-state index contributed by atoms with van der Waals surface area (Å²) < 4.78 is 1.04. The predicted molar refractivity (Wildman–Crippen MR) is 79.3 cm³/mol. The second kappa shape index (κ2) is 5.14. The molecule has 1 aromatic carbocycles. The van der Waals surface area contributed by atoms with Gasteiger partial charge in [0.05, 0.1) is 5.69 Å². The lowest BCUT2D eigenvalue weighted by Gasteiger charge is -2.18. The van der Waals surface area contributed by atoms with Crippen molar-refractivity contribution in [2.45, 2.75) is 13.0 Å². The van der Waals surface area contributed by atoms with Gasteiger partial charge in [-0.25, -0.2) is 4.98 Å². The Morgan fingerprint density at radius 3 is 2.79 bits per heavy atom. The number of rotatable bonds is 2. The van der Waals surface area contributed by atoms with E-state index < -0.39 is 0 Å².